The van der Waals surface area contributed by atoms with Crippen LogP contribution in [0.4, 0.5) is 0 Å². The summed E-state index contributed by atoms with van der Waals surface area (Å²) in [6.07, 6.45) is 1.17. The van der Waals surface area contributed by atoms with Crippen molar-refractivity contribution in [1.29, 1.82) is 5.26 Å². The van der Waals surface area contributed by atoms with Gasteiger partial charge in [-0.15, -0.1) is 10.2 Å². The fourth-order valence-corrected chi connectivity index (χ4v) is 2.78. The highest BCUT2D eigenvalue weighted by molar-refractivity contribution is 7.99. The van der Waals surface area contributed by atoms with Crippen LogP contribution in [0.1, 0.15) is 5.56 Å². The van der Waals surface area contributed by atoms with E-state index in [9.17, 15) is 9.59 Å². The number of aromatic nitrogens is 3. The van der Waals surface area contributed by atoms with E-state index in [2.05, 4.69) is 16.3 Å². The molecule has 0 bridgehead atoms. The highest BCUT2D eigenvalue weighted by Crippen LogP contribution is 2.24. The number of hydrogen-bond donors (Lipinski definition) is 1. The third-order valence-corrected chi connectivity index (χ3v) is 4.18. The van der Waals surface area contributed by atoms with Crippen molar-refractivity contribution in [2.75, 3.05) is 18.2 Å². The summed E-state index contributed by atoms with van der Waals surface area (Å²) in [7, 11) is 0. The molecule has 2 heterocycles. The molecule has 0 amide bonds. The summed E-state index contributed by atoms with van der Waals surface area (Å²) in [6, 6.07) is 8.91. The maximum atomic E-state index is 11.3. The highest BCUT2D eigenvalue weighted by Gasteiger charge is 2.21. The van der Waals surface area contributed by atoms with Gasteiger partial charge in [0.25, 0.3) is 0 Å². The Kier molecular flexibility index (Phi) is 4.31. The monoisotopic (exact) mass is 341 g/mol. The molecule has 9 heteroatoms. The topological polar surface area (TPSA) is 124 Å². The minimum absolute atomic E-state index is 0.243. The average molecular weight is 341 g/mol. The van der Waals surface area contributed by atoms with Crippen molar-refractivity contribution in [3.05, 3.63) is 41.7 Å². The van der Waals surface area contributed by atoms with E-state index in [-0.39, 0.29) is 6.61 Å². The number of nitrogens with zero attached hydrogens (tertiary/aromatic N) is 4. The van der Waals surface area contributed by atoms with Crippen molar-refractivity contribution >= 4 is 23.3 Å². The Morgan fingerprint density at radius 3 is 2.96 bits per heavy atom. The number of benzene rings is 1. The van der Waals surface area contributed by atoms with Crippen LogP contribution in [-0.2, 0) is 14.3 Å². The number of nitrogen functional groups attached to an aromatic ring is 1. The first-order valence-electron chi connectivity index (χ1n) is 6.83. The molecule has 1 aliphatic rings. The van der Waals surface area contributed by atoms with Crippen LogP contribution in [-0.4, -0.2) is 38.8 Å². The zero-order valence-electron chi connectivity index (χ0n) is 12.3. The number of ketones is 2. The third-order valence-electron chi connectivity index (χ3n) is 3.21. The SMILES string of the molecule is N#Cc1cccc(-c2nnc(SCC3=CC(=O)C(=O)CO3)n2N)c1. The Hall–Kier alpha value is -3.12. The Morgan fingerprint density at radius 1 is 1.38 bits per heavy atom. The Balaban J connectivity index is 1.76. The largest absolute Gasteiger partial charge is 0.489 e. The van der Waals surface area contributed by atoms with Gasteiger partial charge in [-0.1, -0.05) is 23.9 Å². The van der Waals surface area contributed by atoms with E-state index in [4.69, 9.17) is 15.8 Å². The molecule has 0 aliphatic carbocycles. The number of carbonyl (C=O) groups excluding carboxylic acids is 2. The van der Waals surface area contributed by atoms with E-state index in [1.54, 1.807) is 24.3 Å². The van der Waals surface area contributed by atoms with Crippen LogP contribution in [0.3, 0.4) is 0 Å². The summed E-state index contributed by atoms with van der Waals surface area (Å²) in [5, 5.41) is 17.4. The van der Waals surface area contributed by atoms with E-state index >= 15 is 0 Å². The molecule has 24 heavy (non-hydrogen) atoms. The van der Waals surface area contributed by atoms with Gasteiger partial charge in [0.2, 0.25) is 16.7 Å². The van der Waals surface area contributed by atoms with Crippen LogP contribution in [0.25, 0.3) is 11.4 Å². The molecule has 1 aromatic heterocycles. The molecule has 0 atom stereocenters. The summed E-state index contributed by atoms with van der Waals surface area (Å²) in [5.74, 6) is 5.97. The van der Waals surface area contributed by atoms with Crippen LogP contribution in [0.15, 0.2) is 41.3 Å². The van der Waals surface area contributed by atoms with Crippen LogP contribution in [0.2, 0.25) is 0 Å². The second kappa shape index (κ2) is 6.55. The van der Waals surface area contributed by atoms with Gasteiger partial charge in [-0.05, 0) is 12.1 Å². The van der Waals surface area contributed by atoms with Crippen molar-refractivity contribution in [2.24, 2.45) is 0 Å². The predicted octanol–water partition coefficient (Wildman–Crippen LogP) is 0.675. The van der Waals surface area contributed by atoms with Gasteiger partial charge in [0.1, 0.15) is 5.76 Å². The van der Waals surface area contributed by atoms with E-state index in [0.717, 1.165) is 0 Å². The van der Waals surface area contributed by atoms with Gasteiger partial charge in [0, 0.05) is 11.6 Å². The normalized spacial score (nSPS) is 14.0. The van der Waals surface area contributed by atoms with Gasteiger partial charge in [0.15, 0.2) is 12.4 Å². The molecular weight excluding hydrogens is 330 g/mol. The van der Waals surface area contributed by atoms with Gasteiger partial charge < -0.3 is 10.6 Å². The summed E-state index contributed by atoms with van der Waals surface area (Å²) < 4.78 is 6.48. The molecule has 3 rings (SSSR count). The van der Waals surface area contributed by atoms with E-state index in [0.29, 0.717) is 33.6 Å². The number of rotatable bonds is 4. The molecule has 2 aromatic rings. The van der Waals surface area contributed by atoms with E-state index < -0.39 is 11.6 Å². The summed E-state index contributed by atoms with van der Waals surface area (Å²) >= 11 is 1.22. The summed E-state index contributed by atoms with van der Waals surface area (Å²) in [6.45, 7) is -0.243. The summed E-state index contributed by atoms with van der Waals surface area (Å²) in [5.41, 5.74) is 1.17. The smallest absolute Gasteiger partial charge is 0.240 e. The maximum absolute atomic E-state index is 11.3. The van der Waals surface area contributed by atoms with Gasteiger partial charge in [0.05, 0.1) is 17.4 Å². The lowest BCUT2D eigenvalue weighted by molar-refractivity contribution is -0.137. The van der Waals surface area contributed by atoms with Crippen molar-refractivity contribution in [1.82, 2.24) is 14.9 Å². The minimum Gasteiger partial charge on any atom is -0.489 e. The van der Waals surface area contributed by atoms with Crippen molar-refractivity contribution in [3.63, 3.8) is 0 Å². The summed E-state index contributed by atoms with van der Waals surface area (Å²) in [4.78, 5) is 22.4. The Labute approximate surface area is 140 Å². The molecule has 0 spiro atoms. The fourth-order valence-electron chi connectivity index (χ4n) is 2.02. The van der Waals surface area contributed by atoms with E-state index in [1.807, 2.05) is 0 Å². The average Bonchev–Trinajstić information content (AvgIpc) is 2.97. The van der Waals surface area contributed by atoms with Gasteiger partial charge in [-0.2, -0.15) is 5.26 Å². The molecule has 0 radical (unpaired) electrons. The number of hydrogen-bond acceptors (Lipinski definition) is 8. The molecule has 8 nitrogen and oxygen atoms in total. The molecule has 1 aliphatic heterocycles. The van der Waals surface area contributed by atoms with Crippen molar-refractivity contribution in [2.45, 2.75) is 5.16 Å². The molecule has 0 unspecified atom stereocenters. The lowest BCUT2D eigenvalue weighted by Crippen LogP contribution is -2.23. The van der Waals surface area contributed by atoms with Crippen LogP contribution >= 0.6 is 11.8 Å². The standard InChI is InChI=1S/C15H11N5O3S/c16-6-9-2-1-3-10(4-9)14-18-19-15(20(14)17)24-8-11-5-12(21)13(22)7-23-11/h1-5H,7-8,17H2. The number of allylic oxidation sites excluding steroid dienone is 1. The molecule has 2 N–H and O–H groups in total. The van der Waals surface area contributed by atoms with Crippen LogP contribution < -0.4 is 5.84 Å². The van der Waals surface area contributed by atoms with Crippen molar-refractivity contribution < 1.29 is 14.3 Å². The lowest BCUT2D eigenvalue weighted by Gasteiger charge is -2.12. The first kappa shape index (κ1) is 15.8. The minimum atomic E-state index is -0.569. The van der Waals surface area contributed by atoms with Crippen molar-refractivity contribution in [3.8, 4) is 17.5 Å². The lowest BCUT2D eigenvalue weighted by atomic mass is 10.1. The van der Waals surface area contributed by atoms with Crippen LogP contribution in [0, 0.1) is 11.3 Å². The molecule has 120 valence electrons. The highest BCUT2D eigenvalue weighted by atomic mass is 32.2. The first-order chi connectivity index (χ1) is 11.6. The number of ether oxygens (including phenoxy) is 1. The number of thioether (sulfide) groups is 1. The molecule has 0 saturated heterocycles. The van der Waals surface area contributed by atoms with Crippen LogP contribution in [0.5, 0.6) is 0 Å². The first-order valence-corrected chi connectivity index (χ1v) is 7.81. The zero-order chi connectivity index (χ0) is 17.1. The molecular formula is C15H11N5O3S. The number of nitriles is 1. The van der Waals surface area contributed by atoms with Gasteiger partial charge in [-0.25, -0.2) is 4.68 Å². The van der Waals surface area contributed by atoms with Gasteiger partial charge >= 0.3 is 0 Å². The Bertz CT molecular complexity index is 897. The predicted molar refractivity (Wildman–Crippen MR) is 85.1 cm³/mol. The second-order valence-corrected chi connectivity index (χ2v) is 5.79. The number of Topliss-reactive ketones (excluding diaryl/α,β-unsaturated/α-hetero) is 1. The molecule has 0 saturated carbocycles. The third kappa shape index (κ3) is 3.13. The van der Waals surface area contributed by atoms with Gasteiger partial charge in [-0.3, -0.25) is 9.59 Å². The molecule has 0 fully saturated rings. The Morgan fingerprint density at radius 2 is 2.21 bits per heavy atom. The maximum Gasteiger partial charge on any atom is 0.240 e. The molecule has 1 aromatic carbocycles. The fraction of sp³-hybridized carbons (Fsp3) is 0.133. The van der Waals surface area contributed by atoms with E-state index in [1.165, 1.54) is 22.5 Å². The number of nitrogens with two attached hydrogens (primary N) is 1. The zero-order valence-corrected chi connectivity index (χ0v) is 13.1. The quantitative estimate of drug-likeness (QED) is 0.489. The number of carbonyl (C=O) groups is 2. The second-order valence-electron chi connectivity index (χ2n) is 4.84.